The molecule has 0 heterocycles. The van der Waals surface area contributed by atoms with Crippen molar-refractivity contribution >= 4 is 204 Å². The summed E-state index contributed by atoms with van der Waals surface area (Å²) in [5.74, 6) is 0.204. The minimum absolute atomic E-state index is 0.204. The van der Waals surface area contributed by atoms with Crippen LogP contribution >= 0.6 is 0 Å². The van der Waals surface area contributed by atoms with E-state index in [1.807, 2.05) is 0 Å². The monoisotopic (exact) mass is 1750 g/mol. The molecule has 24 aromatic carbocycles. The molecular weight excluding hydrogens is 1670 g/mol. The molecule has 0 nitrogen and oxygen atoms in total. The van der Waals surface area contributed by atoms with Crippen LogP contribution in [0.1, 0.15) is 123 Å². The predicted molar refractivity (Wildman–Crippen MR) is 591 cm³/mol. The quantitative estimate of drug-likeness (QED) is 0.156. The van der Waals surface area contributed by atoms with Gasteiger partial charge in [0.05, 0.1) is 0 Å². The lowest BCUT2D eigenvalue weighted by atomic mass is 9.84. The third-order valence-electron chi connectivity index (χ3n) is 31.8. The highest BCUT2D eigenvalue weighted by atomic mass is 14.5. The lowest BCUT2D eigenvalue weighted by molar-refractivity contribution is 1.14. The van der Waals surface area contributed by atoms with Gasteiger partial charge in [-0.3, -0.25) is 0 Å². The number of hydrogen-bond acceptors (Lipinski definition) is 0. The first-order valence-corrected chi connectivity index (χ1v) is 48.8. The average Bonchev–Trinajstić information content (AvgIpc) is 1.67. The standard InChI is InChI=1S/C50H28.C46H26.C43H26/c1-3-14-32-27-44-42(25-30(32)12-1)47(37-20-9-16-29-11-5-6-17-34(29)37)49-45-28-33-15-4-2-13-31(33)26-43(45)48(50(44)49)41-24-23-40-36-19-8-7-18-35(36)38-21-10-22-39(41)46(38)40;1-3-12-32-25-40-38(23-30(32)10-1)43(35-17-7-14-27-9-5-6-16-34(27)35)45-41-26-33-13-4-2-11-31(33)24-39(41)44(46(40)45)37-22-21-29-20-19-28-15-8-18-36(37)42(28)29;1-3-14-30-24-38-36(22-28(30)12-1)40(34-19-9-16-26-10-5-7-17-32(26)34)42-39-25-31-15-4-2-13-29(31)23-37(39)41(43(38)42)35-21-20-27-11-6-8-18-33(27)35/h1-28H;1-26H;1-25,35H. The molecule has 0 amide bonds. The SMILES string of the molecule is C1=CC(C2=C3C(=C(c4cccc5ccccc45)c4cc5ccccc5cc43)c3cc4ccccc4cc32)c2ccccc21.C1=Cc2ccc(C3=C4C(=C(c5cccc6ccccc56)c5cc6ccccc6cc54)c4cc5ccccc5cc43)c3cccc1c23.c1ccc2c(c1)-c1cccc3c(C4=C5C(=C(c6cccc7ccccc67)c6cc7ccccc7cc65)c5cc6ccccc6cc54)ccc-2c13. The zero-order valence-corrected chi connectivity index (χ0v) is 75.7. The van der Waals surface area contributed by atoms with E-state index in [9.17, 15) is 0 Å². The summed E-state index contributed by atoms with van der Waals surface area (Å²) in [6.07, 6.45) is 9.26. The molecule has 1 atom stereocenters. The highest BCUT2D eigenvalue weighted by molar-refractivity contribution is 6.42. The molecule has 24 aromatic rings. The van der Waals surface area contributed by atoms with Crippen molar-refractivity contribution in [2.45, 2.75) is 5.92 Å². The second-order valence-electron chi connectivity index (χ2n) is 38.8. The first-order valence-electron chi connectivity index (χ1n) is 48.8. The molecule has 0 saturated heterocycles. The molecule has 33 rings (SSSR count). The molecular formula is C139H80. The van der Waals surface area contributed by atoms with Gasteiger partial charge in [-0.25, -0.2) is 0 Å². The number of allylic oxidation sites excluding steroid dienone is 8. The van der Waals surface area contributed by atoms with Crippen LogP contribution in [-0.2, 0) is 0 Å². The van der Waals surface area contributed by atoms with Crippen LogP contribution in [0.4, 0.5) is 0 Å². The maximum absolute atomic E-state index is 2.46. The Morgan fingerprint density at radius 1 is 0.122 bits per heavy atom. The lowest BCUT2D eigenvalue weighted by Gasteiger charge is -2.18. The second kappa shape index (κ2) is 29.3. The summed E-state index contributed by atoms with van der Waals surface area (Å²) in [6.45, 7) is 0. The fraction of sp³-hybridized carbons (Fsp3) is 0.00719. The first kappa shape index (κ1) is 76.5. The minimum Gasteiger partial charge on any atom is -0.0720 e. The summed E-state index contributed by atoms with van der Waals surface area (Å²) in [5, 5.41) is 28.4. The number of hydrogen-bond donors (Lipinski definition) is 0. The van der Waals surface area contributed by atoms with Gasteiger partial charge in [0.1, 0.15) is 0 Å². The third-order valence-corrected chi connectivity index (χ3v) is 31.8. The van der Waals surface area contributed by atoms with Gasteiger partial charge in [0.25, 0.3) is 0 Å². The van der Waals surface area contributed by atoms with Crippen LogP contribution in [0.3, 0.4) is 0 Å². The second-order valence-corrected chi connectivity index (χ2v) is 38.8. The van der Waals surface area contributed by atoms with Crippen molar-refractivity contribution in [3.8, 4) is 22.3 Å². The Hall–Kier alpha value is -17.9. The predicted octanol–water partition coefficient (Wildman–Crippen LogP) is 36.4. The highest BCUT2D eigenvalue weighted by Crippen LogP contribution is 2.67. The normalized spacial score (nSPS) is 14.7. The van der Waals surface area contributed by atoms with Gasteiger partial charge in [0.15, 0.2) is 0 Å². The van der Waals surface area contributed by atoms with E-state index in [1.165, 1.54) is 324 Å². The maximum Gasteiger partial charge on any atom is 0.0291 e. The van der Waals surface area contributed by atoms with Gasteiger partial charge in [-0.05, 0) is 397 Å². The van der Waals surface area contributed by atoms with Crippen LogP contribution in [0, 0.1) is 0 Å². The Bertz CT molecular complexity index is 10100. The van der Waals surface area contributed by atoms with Crippen molar-refractivity contribution < 1.29 is 0 Å². The summed E-state index contributed by atoms with van der Waals surface area (Å²) < 4.78 is 0. The van der Waals surface area contributed by atoms with E-state index in [0.29, 0.717) is 0 Å². The summed E-state index contributed by atoms with van der Waals surface area (Å²) in [4.78, 5) is 0. The van der Waals surface area contributed by atoms with E-state index < -0.39 is 0 Å². The van der Waals surface area contributed by atoms with Crippen LogP contribution in [0.15, 0.2) is 461 Å². The summed E-state index contributed by atoms with van der Waals surface area (Å²) >= 11 is 0. The smallest absolute Gasteiger partial charge is 0.0291 e. The van der Waals surface area contributed by atoms with Gasteiger partial charge in [0, 0.05) is 5.92 Å². The molecule has 0 heteroatoms. The Labute approximate surface area is 803 Å². The zero-order chi connectivity index (χ0) is 90.5. The molecule has 0 spiro atoms. The van der Waals surface area contributed by atoms with E-state index >= 15 is 0 Å². The Morgan fingerprint density at radius 2 is 0.353 bits per heavy atom. The van der Waals surface area contributed by atoms with E-state index in [0.717, 1.165) is 0 Å². The van der Waals surface area contributed by atoms with Gasteiger partial charge < -0.3 is 0 Å². The molecule has 0 aromatic heterocycles. The molecule has 9 aliphatic rings. The Balaban J connectivity index is 0.0000000966. The van der Waals surface area contributed by atoms with Crippen molar-refractivity contribution in [2.24, 2.45) is 0 Å². The third kappa shape index (κ3) is 11.1. The number of rotatable bonds is 6. The molecule has 0 bridgehead atoms. The number of fused-ring (bicyclic) bond motifs is 28. The molecule has 0 N–H and O–H groups in total. The molecule has 0 saturated carbocycles. The van der Waals surface area contributed by atoms with Gasteiger partial charge in [-0.1, -0.05) is 406 Å². The zero-order valence-electron chi connectivity index (χ0n) is 75.7. The van der Waals surface area contributed by atoms with Gasteiger partial charge in [-0.15, -0.1) is 0 Å². The Kier molecular flexibility index (Phi) is 16.1. The summed E-state index contributed by atoms with van der Waals surface area (Å²) in [5.41, 5.74) is 49.5. The van der Waals surface area contributed by atoms with Crippen molar-refractivity contribution in [3.63, 3.8) is 0 Å². The van der Waals surface area contributed by atoms with E-state index in [4.69, 9.17) is 0 Å². The van der Waals surface area contributed by atoms with E-state index in [-0.39, 0.29) is 5.92 Å². The molecule has 1 unspecified atom stereocenters. The van der Waals surface area contributed by atoms with Gasteiger partial charge in [0.2, 0.25) is 0 Å². The van der Waals surface area contributed by atoms with Crippen molar-refractivity contribution in [1.29, 1.82) is 0 Å². The molecule has 636 valence electrons. The minimum atomic E-state index is 0.204. The van der Waals surface area contributed by atoms with Gasteiger partial charge >= 0.3 is 0 Å². The molecule has 0 aliphatic heterocycles. The van der Waals surface area contributed by atoms with E-state index in [2.05, 4.69) is 479 Å². The van der Waals surface area contributed by atoms with Gasteiger partial charge in [-0.2, -0.15) is 0 Å². The lowest BCUT2D eigenvalue weighted by Crippen LogP contribution is -1.99. The highest BCUT2D eigenvalue weighted by Gasteiger charge is 2.45. The molecule has 9 aliphatic carbocycles. The van der Waals surface area contributed by atoms with Crippen LogP contribution in [0.25, 0.3) is 226 Å². The molecule has 0 radical (unpaired) electrons. The van der Waals surface area contributed by atoms with Crippen molar-refractivity contribution in [2.75, 3.05) is 0 Å². The van der Waals surface area contributed by atoms with Crippen LogP contribution in [-0.4, -0.2) is 0 Å². The fourth-order valence-corrected chi connectivity index (χ4v) is 25.9. The van der Waals surface area contributed by atoms with E-state index in [1.54, 1.807) is 0 Å². The van der Waals surface area contributed by atoms with Crippen LogP contribution < -0.4 is 0 Å². The largest absolute Gasteiger partial charge is 0.0720 e. The topological polar surface area (TPSA) is 0 Å². The maximum atomic E-state index is 2.46. The fourth-order valence-electron chi connectivity index (χ4n) is 25.9. The van der Waals surface area contributed by atoms with Crippen LogP contribution in [0.2, 0.25) is 0 Å². The van der Waals surface area contributed by atoms with Crippen molar-refractivity contribution in [3.05, 3.63) is 578 Å². The molecule has 139 heavy (non-hydrogen) atoms. The number of benzene rings is 24. The first-order chi connectivity index (χ1) is 69.0. The summed E-state index contributed by atoms with van der Waals surface area (Å²) in [6, 6.07) is 170. The summed E-state index contributed by atoms with van der Waals surface area (Å²) in [7, 11) is 0. The van der Waals surface area contributed by atoms with Crippen molar-refractivity contribution in [1.82, 2.24) is 0 Å². The molecule has 0 fully saturated rings. The van der Waals surface area contributed by atoms with Crippen LogP contribution in [0.5, 0.6) is 0 Å². The Morgan fingerprint density at radius 3 is 0.748 bits per heavy atom. The average molecular weight is 1750 g/mol.